The molecule has 0 spiro atoms. The van der Waals surface area contributed by atoms with Crippen molar-refractivity contribution in [2.45, 2.75) is 71.3 Å². The number of thiophene rings is 1. The Morgan fingerprint density at radius 3 is 2.20 bits per heavy atom. The summed E-state index contributed by atoms with van der Waals surface area (Å²) in [6.45, 7) is 6.66. The van der Waals surface area contributed by atoms with E-state index in [4.69, 9.17) is 4.74 Å². The van der Waals surface area contributed by atoms with Crippen LogP contribution in [0, 0.1) is 5.41 Å². The van der Waals surface area contributed by atoms with E-state index in [1.807, 2.05) is 11.0 Å². The second-order valence-corrected chi connectivity index (χ2v) is 10.9. The largest absolute Gasteiger partial charge is 0.573 e. The molecule has 3 rings (SSSR count). The number of urea groups is 1. The second-order valence-electron chi connectivity index (χ2n) is 9.69. The van der Waals surface area contributed by atoms with Crippen LogP contribution in [0.25, 0.3) is 0 Å². The Hall–Kier alpha value is -2.75. The number of esters is 1. The molecule has 6 nitrogen and oxygen atoms in total. The van der Waals surface area contributed by atoms with Crippen LogP contribution in [0.3, 0.4) is 0 Å². The Morgan fingerprint density at radius 2 is 1.66 bits per heavy atom. The summed E-state index contributed by atoms with van der Waals surface area (Å²) < 4.78 is 46.1. The van der Waals surface area contributed by atoms with E-state index in [-0.39, 0.29) is 17.2 Å². The average molecular weight is 513 g/mol. The molecule has 0 atom stereocenters. The number of carbonyl (C=O) groups excluding carboxylic acids is 2. The molecular weight excluding hydrogens is 481 g/mol. The zero-order valence-electron chi connectivity index (χ0n) is 20.3. The fraction of sp³-hybridized carbons (Fsp3) is 0.520. The molecule has 0 bridgehead atoms. The van der Waals surface area contributed by atoms with E-state index in [1.54, 1.807) is 6.07 Å². The molecule has 1 fully saturated rings. The maximum atomic E-state index is 13.7. The maximum absolute atomic E-state index is 13.7. The lowest BCUT2D eigenvalue weighted by molar-refractivity contribution is -0.274. The van der Waals surface area contributed by atoms with Crippen LogP contribution in [0.1, 0.15) is 67.4 Å². The predicted molar refractivity (Wildman–Crippen MR) is 129 cm³/mol. The lowest BCUT2D eigenvalue weighted by Crippen LogP contribution is -2.60. The lowest BCUT2D eigenvalue weighted by atomic mass is 9.64. The van der Waals surface area contributed by atoms with Crippen LogP contribution in [-0.4, -0.2) is 35.9 Å². The fourth-order valence-corrected chi connectivity index (χ4v) is 5.65. The van der Waals surface area contributed by atoms with Gasteiger partial charge in [0.2, 0.25) is 0 Å². The summed E-state index contributed by atoms with van der Waals surface area (Å²) in [4.78, 5) is 28.8. The van der Waals surface area contributed by atoms with Gasteiger partial charge >= 0.3 is 18.4 Å². The van der Waals surface area contributed by atoms with Crippen LogP contribution < -0.4 is 10.1 Å². The van der Waals surface area contributed by atoms with Crippen molar-refractivity contribution in [2.75, 3.05) is 12.4 Å². The van der Waals surface area contributed by atoms with Crippen LogP contribution >= 0.6 is 11.3 Å². The Bertz CT molecular complexity index is 1020. The number of methoxy groups -OCH3 is 1. The minimum absolute atomic E-state index is 0.238. The molecule has 2 amide bonds. The zero-order chi connectivity index (χ0) is 25.9. The molecule has 192 valence electrons. The molecule has 2 aromatic rings. The summed E-state index contributed by atoms with van der Waals surface area (Å²) in [5.74, 6) is -0.790. The monoisotopic (exact) mass is 512 g/mol. The molecule has 1 aliphatic carbocycles. The van der Waals surface area contributed by atoms with Gasteiger partial charge in [0.1, 0.15) is 10.6 Å². The molecule has 0 saturated heterocycles. The van der Waals surface area contributed by atoms with E-state index < -0.39 is 17.9 Å². The van der Waals surface area contributed by atoms with E-state index in [1.165, 1.54) is 30.6 Å². The minimum Gasteiger partial charge on any atom is -0.465 e. The highest BCUT2D eigenvalue weighted by Crippen LogP contribution is 2.47. The number of halogens is 3. The quantitative estimate of drug-likeness (QED) is 0.415. The van der Waals surface area contributed by atoms with E-state index in [0.717, 1.165) is 49.1 Å². The number of alkyl halides is 3. The maximum Gasteiger partial charge on any atom is 0.573 e. The molecule has 1 saturated carbocycles. The van der Waals surface area contributed by atoms with Crippen LogP contribution in [0.2, 0.25) is 0 Å². The zero-order valence-corrected chi connectivity index (χ0v) is 21.1. The van der Waals surface area contributed by atoms with Gasteiger partial charge in [-0.25, -0.2) is 9.59 Å². The Morgan fingerprint density at radius 1 is 1.03 bits per heavy atom. The molecule has 1 aromatic heterocycles. The molecule has 0 aliphatic heterocycles. The summed E-state index contributed by atoms with van der Waals surface area (Å²) in [6.07, 6.45) is -0.0510. The van der Waals surface area contributed by atoms with Gasteiger partial charge in [-0.05, 0) is 54.7 Å². The highest BCUT2D eigenvalue weighted by atomic mass is 32.1. The van der Waals surface area contributed by atoms with Gasteiger partial charge in [-0.2, -0.15) is 0 Å². The number of amides is 2. The number of anilines is 1. The number of carbonyl (C=O) groups is 2. The number of benzene rings is 1. The third-order valence-electron chi connectivity index (χ3n) is 6.54. The summed E-state index contributed by atoms with van der Waals surface area (Å²) >= 11 is 1.28. The van der Waals surface area contributed by atoms with E-state index >= 15 is 0 Å². The topological polar surface area (TPSA) is 67.9 Å². The number of nitrogens with one attached hydrogen (secondary N) is 1. The molecule has 35 heavy (non-hydrogen) atoms. The SMILES string of the molecule is COC(=O)c1ccc(CN(C(=O)Nc2ccc(OC(F)(F)F)cc2)C2(C(C)(C)C)CCCCC2)s1. The van der Waals surface area contributed by atoms with Crippen LogP contribution in [-0.2, 0) is 11.3 Å². The molecule has 1 heterocycles. The van der Waals surface area contributed by atoms with Crippen molar-refractivity contribution in [1.29, 1.82) is 0 Å². The van der Waals surface area contributed by atoms with Gasteiger partial charge in [-0.1, -0.05) is 40.0 Å². The lowest BCUT2D eigenvalue weighted by Gasteiger charge is -2.54. The van der Waals surface area contributed by atoms with Crippen LogP contribution in [0.5, 0.6) is 5.75 Å². The van der Waals surface area contributed by atoms with Gasteiger partial charge < -0.3 is 19.7 Å². The second kappa shape index (κ2) is 10.5. The molecule has 1 N–H and O–H groups in total. The summed E-state index contributed by atoms with van der Waals surface area (Å²) in [6, 6.07) is 8.24. The van der Waals surface area contributed by atoms with Crippen molar-refractivity contribution in [1.82, 2.24) is 4.90 Å². The van der Waals surface area contributed by atoms with Gasteiger partial charge in [-0.3, -0.25) is 0 Å². The Kier molecular flexibility index (Phi) is 8.03. The first kappa shape index (κ1) is 26.8. The standard InChI is InChI=1S/C25H31F3N2O4S/c1-23(2,3)24(14-6-5-7-15-24)30(16-19-12-13-20(35-19)21(31)33-4)22(32)29-17-8-10-18(11-9-17)34-25(26,27)28/h8-13H,5-7,14-16H2,1-4H3,(H,29,32). The highest BCUT2D eigenvalue weighted by Gasteiger charge is 2.49. The van der Waals surface area contributed by atoms with Crippen LogP contribution in [0.4, 0.5) is 23.7 Å². The first-order valence-electron chi connectivity index (χ1n) is 11.5. The fourth-order valence-electron chi connectivity index (χ4n) is 4.74. The summed E-state index contributed by atoms with van der Waals surface area (Å²) in [7, 11) is 1.32. The Labute approximate surface area is 207 Å². The van der Waals surface area contributed by atoms with Gasteiger partial charge in [0, 0.05) is 16.1 Å². The molecule has 1 aromatic carbocycles. The summed E-state index contributed by atoms with van der Waals surface area (Å²) in [5.41, 5.74) is -0.322. The van der Waals surface area contributed by atoms with Gasteiger partial charge in [0.15, 0.2) is 0 Å². The van der Waals surface area contributed by atoms with Crippen molar-refractivity contribution in [3.63, 3.8) is 0 Å². The molecule has 1 aliphatic rings. The number of hydrogen-bond donors (Lipinski definition) is 1. The van der Waals surface area contributed by atoms with Gasteiger partial charge in [0.05, 0.1) is 13.7 Å². The van der Waals surface area contributed by atoms with Gasteiger partial charge in [-0.15, -0.1) is 24.5 Å². The van der Waals surface area contributed by atoms with E-state index in [2.05, 4.69) is 30.8 Å². The molecule has 0 unspecified atom stereocenters. The van der Waals surface area contributed by atoms with Crippen molar-refractivity contribution < 1.29 is 32.2 Å². The van der Waals surface area contributed by atoms with Crippen LogP contribution in [0.15, 0.2) is 36.4 Å². The third kappa shape index (κ3) is 6.48. The third-order valence-corrected chi connectivity index (χ3v) is 7.59. The summed E-state index contributed by atoms with van der Waals surface area (Å²) in [5, 5.41) is 2.85. The Balaban J connectivity index is 1.90. The van der Waals surface area contributed by atoms with Crippen molar-refractivity contribution >= 4 is 29.0 Å². The number of nitrogens with zero attached hydrogens (tertiary/aromatic N) is 1. The van der Waals surface area contributed by atoms with Crippen molar-refractivity contribution in [3.8, 4) is 5.75 Å². The van der Waals surface area contributed by atoms with Crippen molar-refractivity contribution in [2.24, 2.45) is 5.41 Å². The molecular formula is C25H31F3N2O4S. The van der Waals surface area contributed by atoms with Crippen molar-refractivity contribution in [3.05, 3.63) is 46.2 Å². The smallest absolute Gasteiger partial charge is 0.465 e. The first-order chi connectivity index (χ1) is 16.3. The van der Waals surface area contributed by atoms with E-state index in [9.17, 15) is 22.8 Å². The van der Waals surface area contributed by atoms with E-state index in [0.29, 0.717) is 17.1 Å². The number of rotatable bonds is 6. The van der Waals surface area contributed by atoms with Gasteiger partial charge in [0.25, 0.3) is 0 Å². The average Bonchev–Trinajstić information content (AvgIpc) is 3.26. The molecule has 10 heteroatoms. The predicted octanol–water partition coefficient (Wildman–Crippen LogP) is 7.22. The minimum atomic E-state index is -4.79. The highest BCUT2D eigenvalue weighted by molar-refractivity contribution is 7.13. The molecule has 0 radical (unpaired) electrons. The number of hydrogen-bond acceptors (Lipinski definition) is 5. The normalized spacial score (nSPS) is 15.9. The number of ether oxygens (including phenoxy) is 2. The first-order valence-corrected chi connectivity index (χ1v) is 12.3.